The summed E-state index contributed by atoms with van der Waals surface area (Å²) in [7, 11) is 1.55. The molecule has 6 heteroatoms. The molecule has 4 nitrogen and oxygen atoms in total. The molecule has 0 amide bonds. The van der Waals surface area contributed by atoms with E-state index in [1.54, 1.807) is 0 Å². The number of quaternary nitrogens is 1. The maximum Gasteiger partial charge on any atom is 0.222 e. The van der Waals surface area contributed by atoms with Gasteiger partial charge in [0.1, 0.15) is 5.69 Å². The van der Waals surface area contributed by atoms with Crippen molar-refractivity contribution in [1.29, 1.82) is 0 Å². The predicted octanol–water partition coefficient (Wildman–Crippen LogP) is 0.313. The van der Waals surface area contributed by atoms with Crippen LogP contribution in [0.25, 0.3) is 0 Å². The van der Waals surface area contributed by atoms with Gasteiger partial charge in [0.25, 0.3) is 0 Å². The highest BCUT2D eigenvalue weighted by atomic mass is 35.5. The van der Waals surface area contributed by atoms with Gasteiger partial charge in [-0.3, -0.25) is 9.83 Å². The summed E-state index contributed by atoms with van der Waals surface area (Å²) in [6, 6.07) is 15.2. The van der Waals surface area contributed by atoms with Crippen molar-refractivity contribution in [3.05, 3.63) is 53.6 Å². The van der Waals surface area contributed by atoms with Gasteiger partial charge in [-0.15, -0.1) is 5.01 Å². The molecule has 2 unspecified atom stereocenters. The van der Waals surface area contributed by atoms with Crippen molar-refractivity contribution < 1.29 is 22.2 Å². The van der Waals surface area contributed by atoms with Gasteiger partial charge in [-0.05, 0) is 38.0 Å². The van der Waals surface area contributed by atoms with Crippen molar-refractivity contribution in [3.8, 4) is 5.75 Å². The predicted molar refractivity (Wildman–Crippen MR) is 104 cm³/mol. The molecule has 0 radical (unpaired) electrons. The Morgan fingerprint density at radius 1 is 1.23 bits per heavy atom. The van der Waals surface area contributed by atoms with Gasteiger partial charge in [0.2, 0.25) is 13.8 Å². The Kier molecular flexibility index (Phi) is 5.41. The van der Waals surface area contributed by atoms with Crippen LogP contribution in [0.15, 0.2) is 47.5 Å². The topological polar surface area (TPSA) is 29.3 Å². The first-order valence-electron chi connectivity index (χ1n) is 8.84. The van der Waals surface area contributed by atoms with E-state index in [2.05, 4.69) is 74.2 Å². The van der Waals surface area contributed by atoms with Gasteiger partial charge in [0.05, 0.1) is 11.7 Å². The summed E-state index contributed by atoms with van der Waals surface area (Å²) < 4.78 is 0. The van der Waals surface area contributed by atoms with Gasteiger partial charge in [-0.1, -0.05) is 42.2 Å². The Bertz CT molecular complexity index is 840. The Balaban J connectivity index is 0.00000196. The number of nitrogens with one attached hydrogen (secondary N) is 1. The molecule has 0 fully saturated rings. The molecular formula is C20H25ClN3OP. The van der Waals surface area contributed by atoms with Crippen molar-refractivity contribution in [3.63, 3.8) is 0 Å². The fourth-order valence-corrected chi connectivity index (χ4v) is 6.71. The molecule has 2 aromatic rings. The van der Waals surface area contributed by atoms with Crippen molar-refractivity contribution in [2.24, 2.45) is 4.99 Å². The Morgan fingerprint density at radius 2 is 2.00 bits per heavy atom. The SMILES string of the molecule is CCC=Nc1cccc2c1O[NH+]1N(C)Cc3ccccc3P1C2(C)C.[Cl-]. The van der Waals surface area contributed by atoms with E-state index in [1.807, 2.05) is 12.3 Å². The third kappa shape index (κ3) is 2.95. The molecule has 1 N–H and O–H groups in total. The van der Waals surface area contributed by atoms with Crippen molar-refractivity contribution >= 4 is 25.3 Å². The van der Waals surface area contributed by atoms with Crippen LogP contribution in [-0.2, 0) is 11.7 Å². The summed E-state index contributed by atoms with van der Waals surface area (Å²) in [6.45, 7) is 7.70. The number of para-hydroxylation sites is 1. The number of halogens is 1. The summed E-state index contributed by atoms with van der Waals surface area (Å²) >= 11 is 0. The molecular weight excluding hydrogens is 365 g/mol. The fraction of sp³-hybridized carbons (Fsp3) is 0.350. The van der Waals surface area contributed by atoms with Gasteiger partial charge in [0.15, 0.2) is 0 Å². The van der Waals surface area contributed by atoms with Crippen LogP contribution in [-0.4, -0.2) is 18.3 Å². The number of benzene rings is 2. The number of rotatable bonds is 2. The molecule has 2 aliphatic rings. The highest BCUT2D eigenvalue weighted by Gasteiger charge is 2.54. The first kappa shape index (κ1) is 19.3. The van der Waals surface area contributed by atoms with Gasteiger partial charge in [-0.2, -0.15) is 0 Å². The lowest BCUT2D eigenvalue weighted by Gasteiger charge is -2.46. The molecule has 0 saturated carbocycles. The maximum absolute atomic E-state index is 6.53. The van der Waals surface area contributed by atoms with Crippen LogP contribution in [0.5, 0.6) is 5.75 Å². The lowest BCUT2D eigenvalue weighted by Crippen LogP contribution is -3.17. The molecule has 0 saturated heterocycles. The molecule has 2 aromatic carbocycles. The van der Waals surface area contributed by atoms with E-state index in [9.17, 15) is 0 Å². The second kappa shape index (κ2) is 7.28. The van der Waals surface area contributed by atoms with Gasteiger partial charge < -0.3 is 12.4 Å². The van der Waals surface area contributed by atoms with Crippen molar-refractivity contribution in [2.45, 2.75) is 38.9 Å². The van der Waals surface area contributed by atoms with Crippen LogP contribution in [0.2, 0.25) is 0 Å². The molecule has 2 atom stereocenters. The minimum absolute atomic E-state index is 0. The number of fused-ring (bicyclic) bond motifs is 4. The second-order valence-electron chi connectivity index (χ2n) is 7.14. The van der Waals surface area contributed by atoms with E-state index >= 15 is 0 Å². The number of hydrogen-bond donors (Lipinski definition) is 1. The minimum Gasteiger partial charge on any atom is -1.00 e. The molecule has 0 aromatic heterocycles. The summed E-state index contributed by atoms with van der Waals surface area (Å²) in [4.78, 5) is 12.3. The van der Waals surface area contributed by atoms with Gasteiger partial charge in [-0.25, -0.2) is 0 Å². The number of hydrogen-bond acceptors (Lipinski definition) is 3. The van der Waals surface area contributed by atoms with E-state index in [4.69, 9.17) is 4.84 Å². The third-order valence-electron chi connectivity index (χ3n) is 4.98. The fourth-order valence-electron chi connectivity index (χ4n) is 3.74. The highest BCUT2D eigenvalue weighted by Crippen LogP contribution is 2.57. The van der Waals surface area contributed by atoms with Crippen LogP contribution >= 0.6 is 8.07 Å². The quantitative estimate of drug-likeness (QED) is 0.592. The summed E-state index contributed by atoms with van der Waals surface area (Å²) in [5, 5.41) is 3.73. The molecule has 2 heterocycles. The molecule has 2 aliphatic heterocycles. The number of aliphatic imine (C=N–C) groups is 1. The average Bonchev–Trinajstić information content (AvgIpc) is 2.60. The van der Waals surface area contributed by atoms with E-state index in [0.29, 0.717) is 0 Å². The van der Waals surface area contributed by atoms with Crippen LogP contribution in [0.1, 0.15) is 38.3 Å². The first-order chi connectivity index (χ1) is 12.0. The van der Waals surface area contributed by atoms with Crippen LogP contribution < -0.4 is 27.5 Å². The van der Waals surface area contributed by atoms with Crippen LogP contribution in [0.4, 0.5) is 5.69 Å². The average molecular weight is 390 g/mol. The zero-order chi connectivity index (χ0) is 17.6. The monoisotopic (exact) mass is 389 g/mol. The Morgan fingerprint density at radius 3 is 2.77 bits per heavy atom. The van der Waals surface area contributed by atoms with Crippen LogP contribution in [0, 0.1) is 0 Å². The summed E-state index contributed by atoms with van der Waals surface area (Å²) in [5.74, 6) is 0.928. The lowest BCUT2D eigenvalue weighted by molar-refractivity contribution is -1.06. The smallest absolute Gasteiger partial charge is 0.222 e. The zero-order valence-corrected chi connectivity index (χ0v) is 17.3. The molecule has 4 rings (SSSR count). The lowest BCUT2D eigenvalue weighted by atomic mass is 10.00. The molecule has 0 bridgehead atoms. The first-order valence-corrected chi connectivity index (χ1v) is 10.2. The highest BCUT2D eigenvalue weighted by molar-refractivity contribution is 7.60. The molecule has 26 heavy (non-hydrogen) atoms. The van der Waals surface area contributed by atoms with E-state index in [-0.39, 0.29) is 17.6 Å². The Labute approximate surface area is 163 Å². The van der Waals surface area contributed by atoms with Crippen molar-refractivity contribution in [1.82, 2.24) is 5.01 Å². The van der Waals surface area contributed by atoms with E-state index in [1.165, 1.54) is 16.4 Å². The maximum atomic E-state index is 6.53. The Hall–Kier alpha value is -1.45. The minimum atomic E-state index is -0.588. The number of nitrogens with zero attached hydrogens (tertiary/aromatic N) is 2. The van der Waals surface area contributed by atoms with E-state index < -0.39 is 8.07 Å². The largest absolute Gasteiger partial charge is 1.00 e. The van der Waals surface area contributed by atoms with Crippen molar-refractivity contribution in [2.75, 3.05) is 7.05 Å². The second-order valence-corrected chi connectivity index (χ2v) is 9.79. The molecule has 0 spiro atoms. The molecule has 138 valence electrons. The zero-order valence-electron chi connectivity index (χ0n) is 15.7. The standard InChI is InChI=1S/C20H24N3OP.ClH/c1-5-13-21-17-11-8-10-16-19(17)24-23-22(4)14-15-9-6-7-12-18(15)25(23)20(16,2)3;/h6-13H,5,14H2,1-4H3;1H. The normalized spacial score (nSPS) is 23.4. The summed E-state index contributed by atoms with van der Waals surface area (Å²) in [6.07, 6.45) is 2.87. The summed E-state index contributed by atoms with van der Waals surface area (Å²) in [5.41, 5.74) is 3.61. The van der Waals surface area contributed by atoms with Gasteiger partial charge >= 0.3 is 0 Å². The van der Waals surface area contributed by atoms with Gasteiger partial charge in [0, 0.05) is 24.1 Å². The third-order valence-corrected chi connectivity index (χ3v) is 8.07. The van der Waals surface area contributed by atoms with Crippen LogP contribution in [0.3, 0.4) is 0 Å². The molecule has 0 aliphatic carbocycles. The van der Waals surface area contributed by atoms with E-state index in [0.717, 1.165) is 29.3 Å².